The first-order valence-electron chi connectivity index (χ1n) is 6.69. The van der Waals surface area contributed by atoms with Crippen molar-refractivity contribution in [3.63, 3.8) is 0 Å². The maximum Gasteiger partial charge on any atom is 0.237 e. The number of thiazole rings is 1. The number of ether oxygens (including phenoxy) is 1. The SMILES string of the molecule is COc1nc2sccn2c1CNCCN(C)C1CC1. The molecule has 2 aromatic rings. The minimum Gasteiger partial charge on any atom is -0.480 e. The minimum atomic E-state index is 0.731. The molecule has 0 bridgehead atoms. The molecule has 1 saturated carbocycles. The summed E-state index contributed by atoms with van der Waals surface area (Å²) in [6.45, 7) is 2.88. The van der Waals surface area contributed by atoms with E-state index in [2.05, 4.69) is 26.6 Å². The molecule has 0 aliphatic heterocycles. The Labute approximate surface area is 117 Å². The zero-order chi connectivity index (χ0) is 13.2. The Morgan fingerprint density at radius 3 is 3.16 bits per heavy atom. The maximum atomic E-state index is 5.34. The number of imidazole rings is 1. The van der Waals surface area contributed by atoms with Crippen LogP contribution in [-0.4, -0.2) is 47.6 Å². The van der Waals surface area contributed by atoms with E-state index in [0.717, 1.165) is 42.2 Å². The topological polar surface area (TPSA) is 41.8 Å². The Morgan fingerprint density at radius 2 is 2.42 bits per heavy atom. The van der Waals surface area contributed by atoms with Gasteiger partial charge in [-0.25, -0.2) is 0 Å². The summed E-state index contributed by atoms with van der Waals surface area (Å²) in [4.78, 5) is 7.87. The summed E-state index contributed by atoms with van der Waals surface area (Å²) < 4.78 is 7.44. The second-order valence-electron chi connectivity index (χ2n) is 5.01. The van der Waals surface area contributed by atoms with Gasteiger partial charge in [0.2, 0.25) is 5.88 Å². The normalized spacial score (nSPS) is 15.5. The molecule has 2 aromatic heterocycles. The molecule has 104 valence electrons. The van der Waals surface area contributed by atoms with Crippen molar-refractivity contribution in [1.82, 2.24) is 19.6 Å². The summed E-state index contributed by atoms with van der Waals surface area (Å²) in [5.41, 5.74) is 1.10. The van der Waals surface area contributed by atoms with E-state index >= 15 is 0 Å². The van der Waals surface area contributed by atoms with Gasteiger partial charge in [-0.2, -0.15) is 4.98 Å². The molecule has 3 rings (SSSR count). The average Bonchev–Trinajstić information content (AvgIpc) is 3.07. The van der Waals surface area contributed by atoms with Crippen LogP contribution >= 0.6 is 11.3 Å². The summed E-state index contributed by atoms with van der Waals surface area (Å²) in [6.07, 6.45) is 4.77. The van der Waals surface area contributed by atoms with E-state index in [0.29, 0.717) is 0 Å². The van der Waals surface area contributed by atoms with Crippen molar-refractivity contribution in [1.29, 1.82) is 0 Å². The van der Waals surface area contributed by atoms with E-state index < -0.39 is 0 Å². The molecule has 1 aliphatic rings. The van der Waals surface area contributed by atoms with Gasteiger partial charge in [-0.15, -0.1) is 11.3 Å². The molecule has 1 fully saturated rings. The van der Waals surface area contributed by atoms with Gasteiger partial charge in [-0.05, 0) is 19.9 Å². The minimum absolute atomic E-state index is 0.731. The monoisotopic (exact) mass is 280 g/mol. The molecule has 0 unspecified atom stereocenters. The molecule has 0 atom stereocenters. The van der Waals surface area contributed by atoms with Gasteiger partial charge in [0, 0.05) is 37.3 Å². The molecular formula is C13H20N4OS. The number of methoxy groups -OCH3 is 1. The fourth-order valence-corrected chi connectivity index (χ4v) is 3.02. The van der Waals surface area contributed by atoms with Crippen molar-refractivity contribution in [2.24, 2.45) is 0 Å². The van der Waals surface area contributed by atoms with Gasteiger partial charge in [0.25, 0.3) is 0 Å². The smallest absolute Gasteiger partial charge is 0.237 e. The molecule has 0 saturated heterocycles. The number of rotatable bonds is 7. The molecule has 1 N–H and O–H groups in total. The molecular weight excluding hydrogens is 260 g/mol. The third kappa shape index (κ3) is 2.75. The lowest BCUT2D eigenvalue weighted by molar-refractivity contribution is 0.320. The van der Waals surface area contributed by atoms with Gasteiger partial charge in [-0.3, -0.25) is 4.40 Å². The van der Waals surface area contributed by atoms with E-state index in [4.69, 9.17) is 4.74 Å². The van der Waals surface area contributed by atoms with Crippen LogP contribution in [0.1, 0.15) is 18.5 Å². The number of nitrogens with one attached hydrogen (secondary N) is 1. The summed E-state index contributed by atoms with van der Waals surface area (Å²) in [5.74, 6) is 0.731. The summed E-state index contributed by atoms with van der Waals surface area (Å²) >= 11 is 1.63. The number of aromatic nitrogens is 2. The van der Waals surface area contributed by atoms with Gasteiger partial charge < -0.3 is 15.0 Å². The van der Waals surface area contributed by atoms with Crippen molar-refractivity contribution in [3.8, 4) is 5.88 Å². The van der Waals surface area contributed by atoms with Crippen molar-refractivity contribution in [2.45, 2.75) is 25.4 Å². The predicted octanol–water partition coefficient (Wildman–Crippen LogP) is 1.59. The van der Waals surface area contributed by atoms with Gasteiger partial charge in [-0.1, -0.05) is 0 Å². The highest BCUT2D eigenvalue weighted by Crippen LogP contribution is 2.25. The van der Waals surface area contributed by atoms with Crippen molar-refractivity contribution < 1.29 is 4.74 Å². The largest absolute Gasteiger partial charge is 0.480 e. The van der Waals surface area contributed by atoms with Gasteiger partial charge in [0.05, 0.1) is 7.11 Å². The van der Waals surface area contributed by atoms with Crippen LogP contribution < -0.4 is 10.1 Å². The Balaban J connectivity index is 1.56. The molecule has 6 heteroatoms. The zero-order valence-corrected chi connectivity index (χ0v) is 12.2. The summed E-state index contributed by atoms with van der Waals surface area (Å²) in [5, 5.41) is 5.53. The van der Waals surface area contributed by atoms with E-state index in [1.165, 1.54) is 12.8 Å². The van der Waals surface area contributed by atoms with Crippen LogP contribution in [-0.2, 0) is 6.54 Å². The zero-order valence-electron chi connectivity index (χ0n) is 11.4. The first kappa shape index (κ1) is 12.9. The summed E-state index contributed by atoms with van der Waals surface area (Å²) in [7, 11) is 3.88. The highest BCUT2D eigenvalue weighted by molar-refractivity contribution is 7.15. The molecule has 2 heterocycles. The fraction of sp³-hybridized carbons (Fsp3) is 0.615. The highest BCUT2D eigenvalue weighted by Gasteiger charge is 2.25. The Morgan fingerprint density at radius 1 is 1.58 bits per heavy atom. The van der Waals surface area contributed by atoms with Crippen LogP contribution in [0.3, 0.4) is 0 Å². The number of hydrogen-bond acceptors (Lipinski definition) is 5. The lowest BCUT2D eigenvalue weighted by Crippen LogP contribution is -2.30. The first-order valence-corrected chi connectivity index (χ1v) is 7.57. The molecule has 0 aromatic carbocycles. The first-order chi connectivity index (χ1) is 9.29. The quantitative estimate of drug-likeness (QED) is 0.782. The lowest BCUT2D eigenvalue weighted by atomic mass is 10.4. The molecule has 0 radical (unpaired) electrons. The standard InChI is InChI=1S/C13H20N4OS/c1-16(10-3-4-10)6-5-14-9-11-12(18-2)15-13-17(11)7-8-19-13/h7-8,10,14H,3-6,9H2,1-2H3. The Bertz CT molecular complexity index is 546. The second kappa shape index (κ2) is 5.48. The van der Waals surface area contributed by atoms with Crippen LogP contribution in [0.4, 0.5) is 0 Å². The third-order valence-corrected chi connectivity index (χ3v) is 4.38. The molecule has 1 aliphatic carbocycles. The van der Waals surface area contributed by atoms with Crippen LogP contribution in [0.5, 0.6) is 5.88 Å². The molecule has 5 nitrogen and oxygen atoms in total. The van der Waals surface area contributed by atoms with Crippen LogP contribution in [0.15, 0.2) is 11.6 Å². The van der Waals surface area contributed by atoms with E-state index in [9.17, 15) is 0 Å². The predicted molar refractivity (Wildman–Crippen MR) is 77.0 cm³/mol. The number of likely N-dealkylation sites (N-methyl/N-ethyl adjacent to an activating group) is 1. The Hall–Kier alpha value is -1.11. The van der Waals surface area contributed by atoms with Gasteiger partial charge in [0.1, 0.15) is 5.69 Å². The van der Waals surface area contributed by atoms with Gasteiger partial charge >= 0.3 is 0 Å². The van der Waals surface area contributed by atoms with Gasteiger partial charge in [0.15, 0.2) is 4.96 Å². The number of hydrogen-bond donors (Lipinski definition) is 1. The maximum absolute atomic E-state index is 5.34. The van der Waals surface area contributed by atoms with Crippen LogP contribution in [0.25, 0.3) is 4.96 Å². The molecule has 19 heavy (non-hydrogen) atoms. The molecule has 0 amide bonds. The van der Waals surface area contributed by atoms with Crippen LogP contribution in [0, 0.1) is 0 Å². The second-order valence-corrected chi connectivity index (χ2v) is 5.88. The highest BCUT2D eigenvalue weighted by atomic mass is 32.1. The summed E-state index contributed by atoms with van der Waals surface area (Å²) in [6, 6.07) is 0.829. The van der Waals surface area contributed by atoms with Crippen molar-refractivity contribution in [2.75, 3.05) is 27.2 Å². The number of fused-ring (bicyclic) bond motifs is 1. The van der Waals surface area contributed by atoms with Crippen molar-refractivity contribution in [3.05, 3.63) is 17.3 Å². The fourth-order valence-electron chi connectivity index (χ4n) is 2.30. The third-order valence-electron chi connectivity index (χ3n) is 3.62. The van der Waals surface area contributed by atoms with E-state index in [-0.39, 0.29) is 0 Å². The number of nitrogens with zero attached hydrogens (tertiary/aromatic N) is 3. The lowest BCUT2D eigenvalue weighted by Gasteiger charge is -2.15. The van der Waals surface area contributed by atoms with Crippen molar-refractivity contribution >= 4 is 16.3 Å². The van der Waals surface area contributed by atoms with E-state index in [1.54, 1.807) is 18.4 Å². The molecule has 0 spiro atoms. The Kier molecular flexibility index (Phi) is 3.72. The average molecular weight is 280 g/mol. The van der Waals surface area contributed by atoms with E-state index in [1.807, 2.05) is 11.6 Å². The van der Waals surface area contributed by atoms with Crippen LogP contribution in [0.2, 0.25) is 0 Å².